The summed E-state index contributed by atoms with van der Waals surface area (Å²) in [4.78, 5) is 83.6. The number of esters is 1. The van der Waals surface area contributed by atoms with Crippen LogP contribution in [0.25, 0.3) is 33.4 Å². The SMILES string of the molecule is CCn1c(-c2cccnc2[C@H](C)OC)c2c3cc(ccc31)-c1csc(n1)C[C@H](NC(=O)C(C(C)C)N(C)C(=O)N(C)CCN(C)C(=O)[C@H]1CN1)C(=O)N1CCC[C@H](N1)C(=O)OCC(C)(C)C2. The maximum atomic E-state index is 14.6. The fourth-order valence-electron chi connectivity index (χ4n) is 9.14. The molecule has 4 aromatic rings. The molecule has 3 aliphatic rings. The summed E-state index contributed by atoms with van der Waals surface area (Å²) in [6.07, 6.45) is 3.18. The number of carbonyl (C=O) groups excluding carboxylic acids is 5. The van der Waals surface area contributed by atoms with Crippen LogP contribution in [-0.2, 0) is 48.0 Å². The summed E-state index contributed by atoms with van der Waals surface area (Å²) in [6.45, 7) is 14.4. The maximum absolute atomic E-state index is 14.6. The number of hydrogen-bond acceptors (Lipinski definition) is 12. The molecule has 0 radical (unpaired) electrons. The Bertz CT molecular complexity index is 2450. The topological polar surface area (TPSA) is 193 Å². The van der Waals surface area contributed by atoms with Crippen LogP contribution in [0.4, 0.5) is 4.79 Å². The molecule has 356 valence electrons. The predicted molar refractivity (Wildman–Crippen MR) is 253 cm³/mol. The number of methoxy groups -OCH3 is 1. The molecule has 5 amide bonds. The van der Waals surface area contributed by atoms with Crippen LogP contribution >= 0.6 is 11.3 Å². The first-order valence-electron chi connectivity index (χ1n) is 23.0. The number of hydrogen-bond donors (Lipinski definition) is 3. The first kappa shape index (κ1) is 48.5. The third-order valence-corrected chi connectivity index (χ3v) is 13.8. The second kappa shape index (κ2) is 20.2. The lowest BCUT2D eigenvalue weighted by molar-refractivity contribution is -0.155. The second-order valence-electron chi connectivity index (χ2n) is 19.0. The number of hydrazine groups is 1. The van der Waals surface area contributed by atoms with E-state index in [1.807, 2.05) is 32.2 Å². The Morgan fingerprint density at radius 2 is 1.83 bits per heavy atom. The van der Waals surface area contributed by atoms with Gasteiger partial charge >= 0.3 is 12.0 Å². The number of aromatic nitrogens is 3. The second-order valence-corrected chi connectivity index (χ2v) is 19.9. The molecule has 3 aromatic heterocycles. The van der Waals surface area contributed by atoms with Crippen LogP contribution in [0.2, 0.25) is 0 Å². The Morgan fingerprint density at radius 1 is 1.09 bits per heavy atom. The minimum Gasteiger partial charge on any atom is -0.464 e. The molecule has 6 bridgehead atoms. The number of nitrogens with one attached hydrogen (secondary N) is 3. The number of benzene rings is 1. The predicted octanol–water partition coefficient (Wildman–Crippen LogP) is 4.64. The van der Waals surface area contributed by atoms with Crippen LogP contribution in [0.3, 0.4) is 0 Å². The van der Waals surface area contributed by atoms with Gasteiger partial charge in [-0.05, 0) is 68.9 Å². The molecule has 0 saturated carbocycles. The summed E-state index contributed by atoms with van der Waals surface area (Å²) in [5.74, 6) is -1.74. The highest BCUT2D eigenvalue weighted by Crippen LogP contribution is 2.42. The molecule has 1 unspecified atom stereocenters. The number of ether oxygens (including phenoxy) is 2. The highest BCUT2D eigenvalue weighted by molar-refractivity contribution is 7.10. The van der Waals surface area contributed by atoms with Gasteiger partial charge in [-0.25, -0.2) is 15.2 Å². The Balaban J connectivity index is 1.23. The molecule has 7 rings (SSSR count). The van der Waals surface area contributed by atoms with Crippen LogP contribution in [0.1, 0.15) is 76.8 Å². The standard InChI is InChI=1S/C48H66N10O7S/c1-11-57-38-17-16-30-22-32(38)33(42(57)31-14-12-18-49-40(31)29(4)64-10)24-48(5,6)27-65-46(62)34-15-13-19-58(53-34)45(61)35(23-39-51-37(30)26-66-39)52-43(59)41(28(2)3)56(9)47(63)55(8)21-20-54(7)44(60)36-25-50-36/h12,14,16-18,22,26,28-29,34-36,41,50,53H,11,13,15,19-21,23-25,27H2,1-10H3,(H,52,59)/t29-,34-,35-,36+,41?/m0/s1. The molecule has 17 nitrogen and oxygen atoms in total. The number of urea groups is 1. The van der Waals surface area contributed by atoms with Crippen molar-refractivity contribution in [1.29, 1.82) is 0 Å². The molecule has 5 atom stereocenters. The summed E-state index contributed by atoms with van der Waals surface area (Å²) < 4.78 is 14.2. The lowest BCUT2D eigenvalue weighted by Gasteiger charge is -2.37. The Morgan fingerprint density at radius 3 is 2.53 bits per heavy atom. The number of likely N-dealkylation sites (N-methyl/N-ethyl adjacent to an activating group) is 3. The Kier molecular flexibility index (Phi) is 14.8. The van der Waals surface area contributed by atoms with Gasteiger partial charge in [0.25, 0.3) is 5.91 Å². The zero-order chi connectivity index (χ0) is 47.6. The average molecular weight is 927 g/mol. The molecule has 2 fully saturated rings. The van der Waals surface area contributed by atoms with Crippen molar-refractivity contribution in [2.24, 2.45) is 11.3 Å². The summed E-state index contributed by atoms with van der Waals surface area (Å²) in [5, 5.41) is 11.1. The van der Waals surface area contributed by atoms with E-state index < -0.39 is 47.4 Å². The number of cyclic esters (lactones) is 1. The molecule has 18 heteroatoms. The van der Waals surface area contributed by atoms with Crippen molar-refractivity contribution >= 4 is 52.0 Å². The molecule has 0 spiro atoms. The summed E-state index contributed by atoms with van der Waals surface area (Å²) in [5.41, 5.74) is 9.24. The van der Waals surface area contributed by atoms with Crippen molar-refractivity contribution < 1.29 is 33.4 Å². The fourth-order valence-corrected chi connectivity index (χ4v) is 9.99. The Hall–Kier alpha value is -5.43. The van der Waals surface area contributed by atoms with Gasteiger partial charge in [0.05, 0.1) is 40.8 Å². The zero-order valence-electron chi connectivity index (χ0n) is 40.0. The fraction of sp³-hybridized carbons (Fsp3) is 0.562. The Labute approximate surface area is 391 Å². The van der Waals surface area contributed by atoms with E-state index in [9.17, 15) is 24.0 Å². The molecule has 3 N–H and O–H groups in total. The number of carbonyl (C=O) groups is 5. The van der Waals surface area contributed by atoms with Gasteiger partial charge in [0.15, 0.2) is 0 Å². The van der Waals surface area contributed by atoms with Crippen LogP contribution in [0, 0.1) is 11.3 Å². The number of nitrogens with zero attached hydrogens (tertiary/aromatic N) is 7. The maximum Gasteiger partial charge on any atom is 0.324 e. The van der Waals surface area contributed by atoms with E-state index in [1.54, 1.807) is 39.3 Å². The van der Waals surface area contributed by atoms with Crippen molar-refractivity contribution in [2.75, 3.05) is 61.0 Å². The minimum absolute atomic E-state index is 0.0275. The van der Waals surface area contributed by atoms with E-state index >= 15 is 0 Å². The zero-order valence-corrected chi connectivity index (χ0v) is 40.8. The van der Waals surface area contributed by atoms with Gasteiger partial charge in [0.2, 0.25) is 11.8 Å². The van der Waals surface area contributed by atoms with Gasteiger partial charge in [0.1, 0.15) is 18.1 Å². The van der Waals surface area contributed by atoms with Gasteiger partial charge < -0.3 is 39.4 Å². The van der Waals surface area contributed by atoms with Crippen molar-refractivity contribution in [2.45, 2.75) is 104 Å². The highest BCUT2D eigenvalue weighted by Gasteiger charge is 2.39. The third-order valence-electron chi connectivity index (χ3n) is 13.0. The number of amides is 5. The van der Waals surface area contributed by atoms with Crippen molar-refractivity contribution in [3.8, 4) is 22.5 Å². The molecular formula is C48H66N10O7S. The lowest BCUT2D eigenvalue weighted by Crippen LogP contribution is -2.62. The molecule has 66 heavy (non-hydrogen) atoms. The van der Waals surface area contributed by atoms with Gasteiger partial charge in [-0.3, -0.25) is 29.2 Å². The number of aryl methyl sites for hydroxylation is 1. The molecule has 2 saturated heterocycles. The van der Waals surface area contributed by atoms with E-state index in [0.717, 1.165) is 44.7 Å². The van der Waals surface area contributed by atoms with Gasteiger partial charge in [-0.2, -0.15) is 0 Å². The molecule has 6 heterocycles. The molecule has 3 aliphatic heterocycles. The van der Waals surface area contributed by atoms with Crippen LogP contribution in [0.5, 0.6) is 0 Å². The lowest BCUT2D eigenvalue weighted by atomic mass is 9.84. The first-order chi connectivity index (χ1) is 31.4. The molecule has 0 aliphatic carbocycles. The van der Waals surface area contributed by atoms with Crippen molar-refractivity contribution in [3.05, 3.63) is 58.2 Å². The van der Waals surface area contributed by atoms with E-state index in [1.165, 1.54) is 26.1 Å². The quantitative estimate of drug-likeness (QED) is 0.133. The normalized spacial score (nSPS) is 20.6. The smallest absolute Gasteiger partial charge is 0.324 e. The average Bonchev–Trinajstić information content (AvgIpc) is 3.98. The van der Waals surface area contributed by atoms with Crippen molar-refractivity contribution in [3.63, 3.8) is 0 Å². The summed E-state index contributed by atoms with van der Waals surface area (Å²) in [7, 11) is 6.60. The van der Waals surface area contributed by atoms with Crippen LogP contribution in [-0.4, -0.2) is 149 Å². The van der Waals surface area contributed by atoms with Gasteiger partial charge in [-0.15, -0.1) is 11.3 Å². The highest BCUT2D eigenvalue weighted by atomic mass is 32.1. The third kappa shape index (κ3) is 10.4. The summed E-state index contributed by atoms with van der Waals surface area (Å²) >= 11 is 1.40. The van der Waals surface area contributed by atoms with Crippen LogP contribution < -0.4 is 16.1 Å². The van der Waals surface area contributed by atoms with Gasteiger partial charge in [0, 0.05) is 106 Å². The minimum atomic E-state index is -1.09. The monoisotopic (exact) mass is 926 g/mol. The van der Waals surface area contributed by atoms with E-state index in [2.05, 4.69) is 65.7 Å². The first-order valence-corrected chi connectivity index (χ1v) is 23.9. The van der Waals surface area contributed by atoms with Crippen LogP contribution in [0.15, 0.2) is 41.9 Å². The number of pyridine rings is 1. The largest absolute Gasteiger partial charge is 0.464 e. The van der Waals surface area contributed by atoms with E-state index in [0.29, 0.717) is 50.4 Å². The van der Waals surface area contributed by atoms with Gasteiger partial charge in [-0.1, -0.05) is 33.8 Å². The molecule has 1 aromatic carbocycles. The number of fused-ring (bicyclic) bond motifs is 6. The number of rotatable bonds is 12. The van der Waals surface area contributed by atoms with E-state index in [-0.39, 0.29) is 43.5 Å². The molecular weight excluding hydrogens is 861 g/mol. The summed E-state index contributed by atoms with van der Waals surface area (Å²) in [6, 6.07) is 7.00. The van der Waals surface area contributed by atoms with Crippen molar-refractivity contribution in [1.82, 2.24) is 50.3 Å². The van der Waals surface area contributed by atoms with E-state index in [4.69, 9.17) is 19.4 Å². The number of thiazole rings is 1.